The normalized spacial score (nSPS) is 11.5. The minimum atomic E-state index is -0.503. The summed E-state index contributed by atoms with van der Waals surface area (Å²) < 4.78 is 20.7. The highest BCUT2D eigenvalue weighted by Gasteiger charge is 2.25. The molecular formula is C24H25FN4O2. The Morgan fingerprint density at radius 2 is 1.71 bits per heavy atom. The van der Waals surface area contributed by atoms with Crippen molar-refractivity contribution in [2.45, 2.75) is 33.2 Å². The zero-order chi connectivity index (χ0) is 22.0. The fourth-order valence-electron chi connectivity index (χ4n) is 3.64. The molecule has 0 radical (unpaired) electrons. The van der Waals surface area contributed by atoms with Gasteiger partial charge in [-0.3, -0.25) is 0 Å². The lowest BCUT2D eigenvalue weighted by Gasteiger charge is -2.12. The summed E-state index contributed by atoms with van der Waals surface area (Å²) in [6, 6.07) is 13.6. The van der Waals surface area contributed by atoms with Crippen molar-refractivity contribution in [1.82, 2.24) is 14.5 Å². The number of ether oxygens (including phenoxy) is 1. The van der Waals surface area contributed by atoms with Gasteiger partial charge in [0.1, 0.15) is 22.7 Å². The van der Waals surface area contributed by atoms with Crippen LogP contribution in [0.15, 0.2) is 48.5 Å². The Kier molecular flexibility index (Phi) is 5.84. The van der Waals surface area contributed by atoms with E-state index in [1.807, 2.05) is 24.3 Å². The van der Waals surface area contributed by atoms with Gasteiger partial charge in [-0.25, -0.2) is 19.2 Å². The minimum absolute atomic E-state index is 0.223. The number of hydrogen-bond donors (Lipinski definition) is 1. The molecule has 0 amide bonds. The largest absolute Gasteiger partial charge is 0.462 e. The lowest BCUT2D eigenvalue weighted by Crippen LogP contribution is -2.15. The Bertz CT molecular complexity index is 1230. The number of nitrogens with zero attached hydrogens (tertiary/aromatic N) is 3. The average molecular weight is 420 g/mol. The molecule has 2 aromatic heterocycles. The number of carbonyl (C=O) groups is 1. The molecule has 4 aromatic rings. The molecule has 0 aliphatic heterocycles. The number of esters is 1. The first-order chi connectivity index (χ1) is 15.0. The van der Waals surface area contributed by atoms with Crippen LogP contribution < -0.4 is 5.73 Å². The standard InChI is InChI=1S/C24H25FN4O2/c1-3-15(4-2)14-31-24(30)20-21-23(28-19-8-6-5-7-18(19)27-21)29(22(20)26)13-16-9-11-17(25)12-10-16/h5-12,15H,3-4,13-14,26H2,1-2H3. The molecule has 160 valence electrons. The number of para-hydroxylation sites is 2. The van der Waals surface area contributed by atoms with Crippen molar-refractivity contribution in [3.63, 3.8) is 0 Å². The van der Waals surface area contributed by atoms with Crippen LogP contribution in [0.3, 0.4) is 0 Å². The zero-order valence-corrected chi connectivity index (χ0v) is 17.6. The van der Waals surface area contributed by atoms with E-state index < -0.39 is 5.97 Å². The lowest BCUT2D eigenvalue weighted by atomic mass is 10.1. The SMILES string of the molecule is CCC(CC)COC(=O)c1c(N)n(Cc2ccc(F)cc2)c2nc3ccccc3nc12. The number of fused-ring (bicyclic) bond motifs is 2. The van der Waals surface area contributed by atoms with Crippen molar-refractivity contribution in [1.29, 1.82) is 0 Å². The second-order valence-electron chi connectivity index (χ2n) is 7.64. The molecule has 4 rings (SSSR count). The van der Waals surface area contributed by atoms with E-state index in [0.29, 0.717) is 41.3 Å². The quantitative estimate of drug-likeness (QED) is 0.428. The number of hydrogen-bond acceptors (Lipinski definition) is 5. The van der Waals surface area contributed by atoms with Crippen LogP contribution in [0.2, 0.25) is 0 Å². The Balaban J connectivity index is 1.82. The molecule has 7 heteroatoms. The maximum Gasteiger partial charge on any atom is 0.344 e. The van der Waals surface area contributed by atoms with Gasteiger partial charge in [0.25, 0.3) is 0 Å². The molecule has 2 heterocycles. The number of halogens is 1. The maximum atomic E-state index is 13.3. The van der Waals surface area contributed by atoms with Crippen molar-refractivity contribution >= 4 is 34.0 Å². The second kappa shape index (κ2) is 8.71. The summed E-state index contributed by atoms with van der Waals surface area (Å²) in [7, 11) is 0. The van der Waals surface area contributed by atoms with Crippen LogP contribution in [0.25, 0.3) is 22.2 Å². The maximum absolute atomic E-state index is 13.3. The average Bonchev–Trinajstić information content (AvgIpc) is 3.04. The van der Waals surface area contributed by atoms with Crippen LogP contribution in [0.5, 0.6) is 0 Å². The zero-order valence-electron chi connectivity index (χ0n) is 17.6. The van der Waals surface area contributed by atoms with Gasteiger partial charge in [-0.2, -0.15) is 0 Å². The van der Waals surface area contributed by atoms with Crippen LogP contribution in [-0.2, 0) is 11.3 Å². The highest BCUT2D eigenvalue weighted by molar-refractivity contribution is 6.08. The van der Waals surface area contributed by atoms with Gasteiger partial charge < -0.3 is 15.0 Å². The van der Waals surface area contributed by atoms with Gasteiger partial charge in [0.15, 0.2) is 5.65 Å². The molecule has 2 N–H and O–H groups in total. The van der Waals surface area contributed by atoms with E-state index in [-0.39, 0.29) is 17.2 Å². The summed E-state index contributed by atoms with van der Waals surface area (Å²) in [5.74, 6) is -0.281. The third kappa shape index (κ3) is 4.08. The van der Waals surface area contributed by atoms with E-state index in [4.69, 9.17) is 15.5 Å². The lowest BCUT2D eigenvalue weighted by molar-refractivity contribution is 0.0436. The van der Waals surface area contributed by atoms with Crippen molar-refractivity contribution in [3.05, 3.63) is 65.5 Å². The first kappa shape index (κ1) is 20.8. The molecule has 0 saturated carbocycles. The fourth-order valence-corrected chi connectivity index (χ4v) is 3.64. The molecule has 0 spiro atoms. The highest BCUT2D eigenvalue weighted by atomic mass is 19.1. The van der Waals surface area contributed by atoms with Gasteiger partial charge >= 0.3 is 5.97 Å². The predicted octanol–water partition coefficient (Wildman–Crippen LogP) is 4.95. The van der Waals surface area contributed by atoms with Gasteiger partial charge in [-0.15, -0.1) is 0 Å². The molecular weight excluding hydrogens is 395 g/mol. The highest BCUT2D eigenvalue weighted by Crippen LogP contribution is 2.29. The molecule has 0 bridgehead atoms. The van der Waals surface area contributed by atoms with Gasteiger partial charge in [-0.05, 0) is 35.7 Å². The third-order valence-electron chi connectivity index (χ3n) is 5.65. The molecule has 6 nitrogen and oxygen atoms in total. The molecule has 0 aliphatic rings. The Morgan fingerprint density at radius 1 is 1.06 bits per heavy atom. The van der Waals surface area contributed by atoms with E-state index in [2.05, 4.69) is 18.8 Å². The Morgan fingerprint density at radius 3 is 2.35 bits per heavy atom. The van der Waals surface area contributed by atoms with E-state index in [1.54, 1.807) is 16.7 Å². The Labute approximate surface area is 179 Å². The number of carbonyl (C=O) groups excluding carboxylic acids is 1. The van der Waals surface area contributed by atoms with E-state index >= 15 is 0 Å². The molecule has 0 atom stereocenters. The molecule has 31 heavy (non-hydrogen) atoms. The summed E-state index contributed by atoms with van der Waals surface area (Å²) in [5, 5.41) is 0. The van der Waals surface area contributed by atoms with Crippen LogP contribution >= 0.6 is 0 Å². The van der Waals surface area contributed by atoms with E-state index in [9.17, 15) is 9.18 Å². The van der Waals surface area contributed by atoms with Crippen molar-refractivity contribution in [2.75, 3.05) is 12.3 Å². The molecule has 0 saturated heterocycles. The second-order valence-corrected chi connectivity index (χ2v) is 7.64. The van der Waals surface area contributed by atoms with Crippen LogP contribution in [0, 0.1) is 11.7 Å². The molecule has 0 unspecified atom stereocenters. The Hall–Kier alpha value is -3.48. The summed E-state index contributed by atoms with van der Waals surface area (Å²) in [6.45, 7) is 4.80. The summed E-state index contributed by atoms with van der Waals surface area (Å²) in [5.41, 5.74) is 9.76. The number of nitrogens with two attached hydrogens (primary N) is 1. The topological polar surface area (TPSA) is 83.0 Å². The summed E-state index contributed by atoms with van der Waals surface area (Å²) in [4.78, 5) is 22.4. The predicted molar refractivity (Wildman–Crippen MR) is 119 cm³/mol. The molecule has 0 fully saturated rings. The van der Waals surface area contributed by atoms with E-state index in [0.717, 1.165) is 18.4 Å². The first-order valence-corrected chi connectivity index (χ1v) is 10.5. The van der Waals surface area contributed by atoms with Crippen LogP contribution in [0.4, 0.5) is 10.2 Å². The van der Waals surface area contributed by atoms with Crippen LogP contribution in [0.1, 0.15) is 42.6 Å². The number of rotatable bonds is 7. The van der Waals surface area contributed by atoms with Crippen LogP contribution in [-0.4, -0.2) is 27.1 Å². The van der Waals surface area contributed by atoms with Crippen molar-refractivity contribution < 1.29 is 13.9 Å². The van der Waals surface area contributed by atoms with Gasteiger partial charge in [0, 0.05) is 0 Å². The van der Waals surface area contributed by atoms with E-state index in [1.165, 1.54) is 12.1 Å². The van der Waals surface area contributed by atoms with Gasteiger partial charge in [0.2, 0.25) is 0 Å². The summed E-state index contributed by atoms with van der Waals surface area (Å²) >= 11 is 0. The number of aromatic nitrogens is 3. The van der Waals surface area contributed by atoms with Gasteiger partial charge in [0.05, 0.1) is 24.2 Å². The molecule has 2 aromatic carbocycles. The number of anilines is 1. The first-order valence-electron chi connectivity index (χ1n) is 10.5. The van der Waals surface area contributed by atoms with Crippen molar-refractivity contribution in [2.24, 2.45) is 5.92 Å². The molecule has 0 aliphatic carbocycles. The minimum Gasteiger partial charge on any atom is -0.462 e. The monoisotopic (exact) mass is 420 g/mol. The van der Waals surface area contributed by atoms with Gasteiger partial charge in [-0.1, -0.05) is 51.0 Å². The smallest absolute Gasteiger partial charge is 0.344 e. The third-order valence-corrected chi connectivity index (χ3v) is 5.65. The number of nitrogen functional groups attached to an aromatic ring is 1. The summed E-state index contributed by atoms with van der Waals surface area (Å²) in [6.07, 6.45) is 1.85. The fraction of sp³-hybridized carbons (Fsp3) is 0.292. The number of benzene rings is 2. The van der Waals surface area contributed by atoms with Crippen molar-refractivity contribution in [3.8, 4) is 0 Å².